The quantitative estimate of drug-likeness (QED) is 0.364. The molecule has 25 heavy (non-hydrogen) atoms. The Balaban J connectivity index is 0.00000312. The van der Waals surface area contributed by atoms with Gasteiger partial charge in [0.15, 0.2) is 5.96 Å². The molecule has 2 rings (SSSR count). The van der Waals surface area contributed by atoms with Crippen molar-refractivity contribution in [1.82, 2.24) is 15.6 Å². The van der Waals surface area contributed by atoms with Crippen LogP contribution in [0, 0.1) is 5.82 Å². The van der Waals surface area contributed by atoms with Crippen molar-refractivity contribution in [2.45, 2.75) is 33.0 Å². The van der Waals surface area contributed by atoms with Crippen LogP contribution in [0.1, 0.15) is 27.9 Å². The van der Waals surface area contributed by atoms with Gasteiger partial charge < -0.3 is 15.4 Å². The normalized spacial score (nSPS) is 11.1. The Bertz CT molecular complexity index is 693. The third-order valence-corrected chi connectivity index (χ3v) is 4.59. The smallest absolute Gasteiger partial charge is 0.191 e. The number of nitrogens with zero attached hydrogens (tertiary/aromatic N) is 2. The van der Waals surface area contributed by atoms with Crippen molar-refractivity contribution in [3.8, 4) is 0 Å². The van der Waals surface area contributed by atoms with Crippen LogP contribution in [-0.4, -0.2) is 25.1 Å². The first kappa shape index (κ1) is 21.8. The first-order chi connectivity index (χ1) is 11.7. The van der Waals surface area contributed by atoms with Crippen molar-refractivity contribution in [3.63, 3.8) is 0 Å². The molecule has 2 N–H and O–H groups in total. The number of hydrogen-bond acceptors (Lipinski definition) is 4. The highest BCUT2D eigenvalue weighted by Gasteiger charge is 2.05. The topological polar surface area (TPSA) is 58.5 Å². The molecule has 0 fully saturated rings. The maximum Gasteiger partial charge on any atom is 0.191 e. The summed E-state index contributed by atoms with van der Waals surface area (Å²) in [6, 6.07) is 5.01. The monoisotopic (exact) mass is 478 g/mol. The van der Waals surface area contributed by atoms with Crippen molar-refractivity contribution in [3.05, 3.63) is 51.2 Å². The number of nitrogens with one attached hydrogen (secondary N) is 2. The number of benzene rings is 1. The van der Waals surface area contributed by atoms with Crippen LogP contribution in [0.5, 0.6) is 0 Å². The lowest BCUT2D eigenvalue weighted by Crippen LogP contribution is -2.36. The second-order valence-corrected chi connectivity index (χ2v) is 6.41. The van der Waals surface area contributed by atoms with Crippen molar-refractivity contribution < 1.29 is 9.13 Å². The number of halogens is 2. The van der Waals surface area contributed by atoms with E-state index in [9.17, 15) is 4.39 Å². The molecule has 5 nitrogen and oxygen atoms in total. The molecule has 0 aliphatic carbocycles. The minimum atomic E-state index is -0.251. The largest absolute Gasteiger partial charge is 0.380 e. The number of aryl methyl sites for hydroxylation is 1. The van der Waals surface area contributed by atoms with Gasteiger partial charge >= 0.3 is 0 Å². The van der Waals surface area contributed by atoms with Gasteiger partial charge in [-0.1, -0.05) is 13.0 Å². The Morgan fingerprint density at radius 2 is 2.08 bits per heavy atom. The fourth-order valence-electron chi connectivity index (χ4n) is 2.16. The van der Waals surface area contributed by atoms with Crippen molar-refractivity contribution in [2.75, 3.05) is 14.2 Å². The van der Waals surface area contributed by atoms with Crippen LogP contribution in [0.4, 0.5) is 4.39 Å². The van der Waals surface area contributed by atoms with E-state index in [1.165, 1.54) is 10.9 Å². The lowest BCUT2D eigenvalue weighted by molar-refractivity contribution is 0.181. The number of thiazole rings is 1. The summed E-state index contributed by atoms with van der Waals surface area (Å²) in [4.78, 5) is 9.84. The predicted molar refractivity (Wildman–Crippen MR) is 111 cm³/mol. The molecule has 2 aromatic rings. The fraction of sp³-hybridized carbons (Fsp3) is 0.412. The molecule has 0 saturated heterocycles. The van der Waals surface area contributed by atoms with Crippen molar-refractivity contribution in [1.29, 1.82) is 0 Å². The van der Waals surface area contributed by atoms with Crippen LogP contribution in [0.25, 0.3) is 0 Å². The van der Waals surface area contributed by atoms with Crippen LogP contribution in [0.15, 0.2) is 29.4 Å². The molecule has 0 bridgehead atoms. The van der Waals surface area contributed by atoms with E-state index in [1.54, 1.807) is 37.6 Å². The summed E-state index contributed by atoms with van der Waals surface area (Å²) in [6.45, 7) is 3.56. The van der Waals surface area contributed by atoms with Crippen molar-refractivity contribution in [2.24, 2.45) is 4.99 Å². The average Bonchev–Trinajstić information content (AvgIpc) is 3.06. The summed E-state index contributed by atoms with van der Waals surface area (Å²) in [6.07, 6.45) is 2.91. The third-order valence-electron chi connectivity index (χ3n) is 3.45. The number of methoxy groups -OCH3 is 1. The molecule has 0 amide bonds. The van der Waals surface area contributed by atoms with Gasteiger partial charge in [-0.25, -0.2) is 9.37 Å². The van der Waals surface area contributed by atoms with Gasteiger partial charge in [-0.2, -0.15) is 0 Å². The Morgan fingerprint density at radius 1 is 1.32 bits per heavy atom. The maximum absolute atomic E-state index is 13.6. The zero-order valence-electron chi connectivity index (χ0n) is 14.6. The molecule has 0 aliphatic heterocycles. The van der Waals surface area contributed by atoms with E-state index >= 15 is 0 Å². The van der Waals surface area contributed by atoms with Gasteiger partial charge in [-0.3, -0.25) is 4.99 Å². The second kappa shape index (κ2) is 11.4. The van der Waals surface area contributed by atoms with Gasteiger partial charge in [0.25, 0.3) is 0 Å². The predicted octanol–water partition coefficient (Wildman–Crippen LogP) is 3.47. The van der Waals surface area contributed by atoms with E-state index in [-0.39, 0.29) is 36.4 Å². The molecule has 0 atom stereocenters. The Labute approximate surface area is 169 Å². The van der Waals surface area contributed by atoms with E-state index < -0.39 is 0 Å². The van der Waals surface area contributed by atoms with Gasteiger partial charge in [-0.05, 0) is 24.1 Å². The molecule has 8 heteroatoms. The van der Waals surface area contributed by atoms with Gasteiger partial charge in [0.05, 0.1) is 13.2 Å². The van der Waals surface area contributed by atoms with E-state index in [0.29, 0.717) is 24.6 Å². The molecule has 138 valence electrons. The molecule has 1 aromatic heterocycles. The van der Waals surface area contributed by atoms with Crippen LogP contribution < -0.4 is 10.6 Å². The lowest BCUT2D eigenvalue weighted by atomic mass is 10.1. The summed E-state index contributed by atoms with van der Waals surface area (Å²) in [5, 5.41) is 7.48. The van der Waals surface area contributed by atoms with Crippen LogP contribution in [0.3, 0.4) is 0 Å². The number of ether oxygens (including phenoxy) is 1. The highest BCUT2D eigenvalue weighted by Crippen LogP contribution is 2.13. The summed E-state index contributed by atoms with van der Waals surface area (Å²) in [7, 11) is 3.27. The molecule has 0 saturated carbocycles. The van der Waals surface area contributed by atoms with Gasteiger partial charge in [0, 0.05) is 37.3 Å². The summed E-state index contributed by atoms with van der Waals surface area (Å²) in [5.41, 5.74) is 1.52. The van der Waals surface area contributed by atoms with Crippen LogP contribution in [-0.2, 0) is 30.9 Å². The third kappa shape index (κ3) is 6.87. The first-order valence-corrected chi connectivity index (χ1v) is 8.62. The molecule has 0 aliphatic rings. The summed E-state index contributed by atoms with van der Waals surface area (Å²) < 4.78 is 18.6. The molecule has 0 radical (unpaired) electrons. The number of aromatic nitrogens is 1. The molecule has 0 spiro atoms. The Morgan fingerprint density at radius 3 is 2.72 bits per heavy atom. The molecular formula is C17H24FIN4OS. The Kier molecular flexibility index (Phi) is 9.91. The molecule has 1 heterocycles. The van der Waals surface area contributed by atoms with Gasteiger partial charge in [-0.15, -0.1) is 35.3 Å². The molecule has 1 aromatic carbocycles. The minimum absolute atomic E-state index is 0. The lowest BCUT2D eigenvalue weighted by Gasteiger charge is -2.12. The minimum Gasteiger partial charge on any atom is -0.380 e. The number of guanidine groups is 1. The molecular weight excluding hydrogens is 454 g/mol. The first-order valence-electron chi connectivity index (χ1n) is 7.80. The fourth-order valence-corrected chi connectivity index (χ4v) is 2.97. The summed E-state index contributed by atoms with van der Waals surface area (Å²) in [5.74, 6) is 0.430. The second-order valence-electron chi connectivity index (χ2n) is 5.21. The molecule has 0 unspecified atom stereocenters. The van der Waals surface area contributed by atoms with E-state index in [0.717, 1.165) is 17.0 Å². The van der Waals surface area contributed by atoms with E-state index in [4.69, 9.17) is 4.74 Å². The number of rotatable bonds is 7. The van der Waals surface area contributed by atoms with Crippen LogP contribution >= 0.6 is 35.3 Å². The van der Waals surface area contributed by atoms with Crippen LogP contribution in [0.2, 0.25) is 0 Å². The Hall–Kier alpha value is -1.26. The maximum atomic E-state index is 13.6. The number of aliphatic imine (C=N–C) groups is 1. The zero-order valence-corrected chi connectivity index (χ0v) is 17.8. The van der Waals surface area contributed by atoms with E-state index in [2.05, 4.69) is 27.5 Å². The van der Waals surface area contributed by atoms with Gasteiger partial charge in [0.2, 0.25) is 0 Å². The van der Waals surface area contributed by atoms with Gasteiger partial charge in [0.1, 0.15) is 10.8 Å². The van der Waals surface area contributed by atoms with E-state index in [1.807, 2.05) is 6.20 Å². The highest BCUT2D eigenvalue weighted by molar-refractivity contribution is 14.0. The standard InChI is InChI=1S/C17H23FN4OS.HI/c1-4-14-9-20-16(24-14)10-22-17(19-2)21-8-12-5-6-15(18)13(7-12)11-23-3;/h5-7,9H,4,8,10-11H2,1-3H3,(H2,19,21,22);1H. The van der Waals surface area contributed by atoms with Crippen molar-refractivity contribution >= 4 is 41.3 Å². The SMILES string of the molecule is CCc1cnc(CNC(=NC)NCc2ccc(F)c(COC)c2)s1.I. The zero-order chi connectivity index (χ0) is 17.4. The highest BCUT2D eigenvalue weighted by atomic mass is 127. The number of hydrogen-bond donors (Lipinski definition) is 2. The summed E-state index contributed by atoms with van der Waals surface area (Å²) >= 11 is 1.70. The average molecular weight is 478 g/mol.